The summed E-state index contributed by atoms with van der Waals surface area (Å²) in [6.07, 6.45) is 0. The van der Waals surface area contributed by atoms with Crippen LogP contribution in [0.3, 0.4) is 0 Å². The van der Waals surface area contributed by atoms with Gasteiger partial charge in [-0.2, -0.15) is 5.26 Å². The molecule has 1 amide bonds. The van der Waals surface area contributed by atoms with E-state index in [1.165, 1.54) is 0 Å². The van der Waals surface area contributed by atoms with E-state index >= 15 is 0 Å². The number of primary amides is 1. The fourth-order valence-electron chi connectivity index (χ4n) is 1.65. The second kappa shape index (κ2) is 5.83. The van der Waals surface area contributed by atoms with Crippen molar-refractivity contribution in [3.63, 3.8) is 0 Å². The quantitative estimate of drug-likeness (QED) is 0.321. The van der Waals surface area contributed by atoms with Crippen LogP contribution < -0.4 is 10.6 Å². The van der Waals surface area contributed by atoms with Crippen LogP contribution in [-0.4, -0.2) is 45.5 Å². The topological polar surface area (TPSA) is 163 Å². The molecule has 1 aromatic carbocycles. The Morgan fingerprint density at radius 3 is 2.75 bits per heavy atom. The molecule has 20 heavy (non-hydrogen) atoms. The molecule has 1 unspecified atom stereocenters. The molecule has 2 rings (SSSR count). The Bertz CT molecular complexity index is 736. The number of hydrogen-bond acceptors (Lipinski definition) is 7. The summed E-state index contributed by atoms with van der Waals surface area (Å²) in [6, 6.07) is 3.75. The second-order valence-corrected chi connectivity index (χ2v) is 3.52. The van der Waals surface area contributed by atoms with Crippen molar-refractivity contribution in [1.29, 1.82) is 5.26 Å². The molecular weight excluding hydrogens is 281 g/mol. The van der Waals surface area contributed by atoms with Crippen LogP contribution in [0.25, 0.3) is 11.0 Å². The van der Waals surface area contributed by atoms with Crippen LogP contribution in [0.2, 0.25) is 0 Å². The number of amides is 1. The van der Waals surface area contributed by atoms with Gasteiger partial charge in [-0.25, -0.2) is 0 Å². The molecule has 1 heterocycles. The summed E-state index contributed by atoms with van der Waals surface area (Å²) in [5.74, 6) is -2.34. The van der Waals surface area contributed by atoms with Gasteiger partial charge < -0.3 is 10.9 Å². The number of nitriles is 1. The predicted molar refractivity (Wildman–Crippen MR) is 64.3 cm³/mol. The summed E-state index contributed by atoms with van der Waals surface area (Å²) in [5, 5.41) is 34.3. The van der Waals surface area contributed by atoms with Crippen LogP contribution in [-0.2, 0) is 4.79 Å². The first kappa shape index (κ1) is 15.8. The number of nitro groups is 1. The van der Waals surface area contributed by atoms with Crippen LogP contribution in [0, 0.1) is 26.7 Å². The number of nitro benzene ring substituents is 1. The van der Waals surface area contributed by atoms with Crippen molar-refractivity contribution in [2.45, 2.75) is 5.92 Å². The number of carbonyl (C=O) groups is 1. The van der Waals surface area contributed by atoms with Crippen LogP contribution in [0.5, 0.6) is 0 Å². The summed E-state index contributed by atoms with van der Waals surface area (Å²) in [4.78, 5) is 20.9. The molecule has 98 valence electrons. The number of rotatable bonds is 3. The molecule has 0 aliphatic carbocycles. The zero-order chi connectivity index (χ0) is 14.2. The molecule has 1 atom stereocenters. The Hall–Kier alpha value is -2.22. The fourth-order valence-corrected chi connectivity index (χ4v) is 1.65. The number of non-ortho nitro benzene ring substituents is 1. The maximum absolute atomic E-state index is 11.3. The first-order valence-corrected chi connectivity index (χ1v) is 4.83. The number of hydrogen-bond donors (Lipinski definition) is 1. The molecule has 2 aromatic rings. The Labute approximate surface area is 132 Å². The normalized spacial score (nSPS) is 11.3. The molecule has 0 aliphatic rings. The third kappa shape index (κ3) is 2.42. The molecule has 1 aromatic heterocycles. The summed E-state index contributed by atoms with van der Waals surface area (Å²) < 4.78 is 4.27. The molecule has 0 saturated heterocycles. The van der Waals surface area contributed by atoms with Gasteiger partial charge in [0.2, 0.25) is 5.91 Å². The van der Waals surface area contributed by atoms with Crippen LogP contribution in [0.1, 0.15) is 11.5 Å². The van der Waals surface area contributed by atoms with Gasteiger partial charge in [-0.15, -0.1) is 0 Å². The maximum atomic E-state index is 11.3. The third-order valence-electron chi connectivity index (χ3n) is 2.47. The van der Waals surface area contributed by atoms with Crippen molar-refractivity contribution in [2.24, 2.45) is 5.73 Å². The van der Waals surface area contributed by atoms with Gasteiger partial charge in [-0.3, -0.25) is 19.5 Å². The van der Waals surface area contributed by atoms with Crippen molar-refractivity contribution >= 4 is 52.2 Å². The number of aromatic nitrogens is 2. The standard InChI is InChI=1S/C9H5N5O5.Na.H/c10-3-5(9(11)15)4-1-2-6(13(16)17)8-7(4)12-19-14(8)18;;/h1-2,5H,(H2,11,15);;. The molecule has 0 bridgehead atoms. The van der Waals surface area contributed by atoms with E-state index in [9.17, 15) is 20.1 Å². The minimum atomic E-state index is -1.38. The Balaban J connectivity index is 0.00000200. The Morgan fingerprint density at radius 2 is 2.25 bits per heavy atom. The number of nitrogens with two attached hydrogens (primary N) is 1. The number of fused-ring (bicyclic) bond motifs is 1. The minimum absolute atomic E-state index is 0. The van der Waals surface area contributed by atoms with Gasteiger partial charge in [0.25, 0.3) is 5.52 Å². The van der Waals surface area contributed by atoms with Crippen molar-refractivity contribution < 1.29 is 19.2 Å². The molecule has 0 spiro atoms. The second-order valence-electron chi connectivity index (χ2n) is 3.52. The monoisotopic (exact) mass is 287 g/mol. The van der Waals surface area contributed by atoms with Gasteiger partial charge in [0.1, 0.15) is 0 Å². The van der Waals surface area contributed by atoms with E-state index in [-0.39, 0.29) is 45.5 Å². The van der Waals surface area contributed by atoms with E-state index in [2.05, 4.69) is 9.79 Å². The van der Waals surface area contributed by atoms with Gasteiger partial charge in [0.05, 0.1) is 11.0 Å². The van der Waals surface area contributed by atoms with E-state index in [1.807, 2.05) is 0 Å². The van der Waals surface area contributed by atoms with Crippen LogP contribution in [0.4, 0.5) is 5.69 Å². The molecule has 0 aliphatic heterocycles. The molecule has 10 nitrogen and oxygen atoms in total. The number of carbonyl (C=O) groups excluding carboxylic acids is 1. The van der Waals surface area contributed by atoms with Crippen molar-refractivity contribution in [3.05, 3.63) is 33.0 Å². The van der Waals surface area contributed by atoms with Crippen LogP contribution in [0.15, 0.2) is 16.8 Å². The summed E-state index contributed by atoms with van der Waals surface area (Å²) in [5.41, 5.74) is 3.76. The molecule has 2 N–H and O–H groups in total. The first-order chi connectivity index (χ1) is 8.97. The van der Waals surface area contributed by atoms with Crippen molar-refractivity contribution in [3.8, 4) is 6.07 Å². The summed E-state index contributed by atoms with van der Waals surface area (Å²) in [7, 11) is 0. The summed E-state index contributed by atoms with van der Waals surface area (Å²) in [6.45, 7) is 0. The average Bonchev–Trinajstić information content (AvgIpc) is 2.72. The average molecular weight is 287 g/mol. The third-order valence-corrected chi connectivity index (χ3v) is 2.47. The molecule has 11 heteroatoms. The van der Waals surface area contributed by atoms with E-state index in [1.54, 1.807) is 6.07 Å². The van der Waals surface area contributed by atoms with Crippen molar-refractivity contribution in [1.82, 2.24) is 5.16 Å². The van der Waals surface area contributed by atoms with Crippen LogP contribution >= 0.6 is 0 Å². The van der Waals surface area contributed by atoms with Gasteiger partial charge >= 0.3 is 40.8 Å². The molecular formula is C9H6N5NaO5. The van der Waals surface area contributed by atoms with E-state index in [4.69, 9.17) is 11.0 Å². The molecule has 0 saturated carbocycles. The zero-order valence-corrected chi connectivity index (χ0v) is 9.14. The predicted octanol–water partition coefficient (Wildman–Crippen LogP) is -1.19. The zero-order valence-electron chi connectivity index (χ0n) is 9.14. The van der Waals surface area contributed by atoms with Gasteiger partial charge in [0.15, 0.2) is 5.92 Å². The number of benzene rings is 1. The van der Waals surface area contributed by atoms with Gasteiger partial charge in [0, 0.05) is 16.8 Å². The molecule has 0 radical (unpaired) electrons. The fraction of sp³-hybridized carbons (Fsp3) is 0.111. The van der Waals surface area contributed by atoms with Crippen molar-refractivity contribution in [2.75, 3.05) is 0 Å². The van der Waals surface area contributed by atoms with Gasteiger partial charge in [-0.1, -0.05) is 0 Å². The Kier molecular flexibility index (Phi) is 4.61. The van der Waals surface area contributed by atoms with Gasteiger partial charge in [-0.05, 0) is 11.0 Å². The number of nitrogens with zero attached hydrogens (tertiary/aromatic N) is 4. The van der Waals surface area contributed by atoms with E-state index < -0.39 is 28.0 Å². The van der Waals surface area contributed by atoms with E-state index in [0.29, 0.717) is 0 Å². The molecule has 0 fully saturated rings. The summed E-state index contributed by atoms with van der Waals surface area (Å²) >= 11 is 0. The Morgan fingerprint density at radius 1 is 1.60 bits per heavy atom. The SMILES string of the molecule is N#CC(C(N)=O)c1ccc([N+](=O)[O-])c2c1no[n+]2[O-].[NaH]. The first-order valence-electron chi connectivity index (χ1n) is 4.83. The van der Waals surface area contributed by atoms with E-state index in [0.717, 1.165) is 12.1 Å².